The van der Waals surface area contributed by atoms with Gasteiger partial charge in [0, 0.05) is 17.6 Å². The van der Waals surface area contributed by atoms with Crippen LogP contribution in [0.5, 0.6) is 0 Å². The van der Waals surface area contributed by atoms with Crippen LogP contribution in [0.2, 0.25) is 0 Å². The molecule has 140 valence electrons. The number of rotatable bonds is 5. The third-order valence-electron chi connectivity index (χ3n) is 4.91. The molecular formula is C21H22BrN3O2. The molecule has 2 unspecified atom stereocenters. The maximum Gasteiger partial charge on any atom is 0.249 e. The fourth-order valence-electron chi connectivity index (χ4n) is 3.52. The lowest BCUT2D eigenvalue weighted by Gasteiger charge is -2.18. The van der Waals surface area contributed by atoms with Crippen molar-refractivity contribution >= 4 is 32.9 Å². The Balaban J connectivity index is 1.64. The zero-order chi connectivity index (χ0) is 18.8. The lowest BCUT2D eigenvalue weighted by atomic mass is 10.2. The zero-order valence-corrected chi connectivity index (χ0v) is 16.8. The minimum atomic E-state index is -0.336. The summed E-state index contributed by atoms with van der Waals surface area (Å²) >= 11 is 3.48. The molecule has 0 bridgehead atoms. The Labute approximate surface area is 166 Å². The standard InChI is InChI=1S/C21H22BrN3O2/c1-14(23-21(26)19-7-4-12-27-19)20-24-17-5-2-3-6-18(17)25(20)13-15-8-10-16(22)11-9-15/h2-3,5-6,8-11,14,19H,4,7,12-13H2,1H3,(H,23,26). The molecule has 0 saturated carbocycles. The van der Waals surface area contributed by atoms with Crippen LogP contribution >= 0.6 is 15.9 Å². The minimum absolute atomic E-state index is 0.0535. The zero-order valence-electron chi connectivity index (χ0n) is 15.2. The smallest absolute Gasteiger partial charge is 0.249 e. The van der Waals surface area contributed by atoms with Crippen molar-refractivity contribution in [1.82, 2.24) is 14.9 Å². The van der Waals surface area contributed by atoms with E-state index in [1.807, 2.05) is 37.3 Å². The number of halogens is 1. The second-order valence-corrected chi connectivity index (χ2v) is 7.82. The van der Waals surface area contributed by atoms with Gasteiger partial charge in [0.05, 0.1) is 17.1 Å². The second kappa shape index (κ2) is 7.82. The maximum absolute atomic E-state index is 12.5. The van der Waals surface area contributed by atoms with E-state index in [0.717, 1.165) is 34.2 Å². The van der Waals surface area contributed by atoms with Gasteiger partial charge in [-0.25, -0.2) is 4.98 Å². The highest BCUT2D eigenvalue weighted by Crippen LogP contribution is 2.23. The van der Waals surface area contributed by atoms with Crippen molar-refractivity contribution in [2.45, 2.75) is 38.5 Å². The van der Waals surface area contributed by atoms with E-state index < -0.39 is 0 Å². The molecule has 0 aliphatic carbocycles. The summed E-state index contributed by atoms with van der Waals surface area (Å²) in [6, 6.07) is 16.1. The predicted molar refractivity (Wildman–Crippen MR) is 109 cm³/mol. The number of para-hydroxylation sites is 2. The lowest BCUT2D eigenvalue weighted by molar-refractivity contribution is -0.130. The molecular weight excluding hydrogens is 406 g/mol. The predicted octanol–water partition coefficient (Wildman–Crippen LogP) is 4.20. The molecule has 2 atom stereocenters. The van der Waals surface area contributed by atoms with E-state index in [2.05, 4.69) is 44.0 Å². The highest BCUT2D eigenvalue weighted by molar-refractivity contribution is 9.10. The Morgan fingerprint density at radius 2 is 2.07 bits per heavy atom. The molecule has 1 N–H and O–H groups in total. The summed E-state index contributed by atoms with van der Waals surface area (Å²) in [4.78, 5) is 17.3. The summed E-state index contributed by atoms with van der Waals surface area (Å²) in [6.45, 7) is 3.34. The number of imidazole rings is 1. The first kappa shape index (κ1) is 18.2. The van der Waals surface area contributed by atoms with Gasteiger partial charge in [-0.3, -0.25) is 4.79 Å². The van der Waals surface area contributed by atoms with Gasteiger partial charge >= 0.3 is 0 Å². The van der Waals surface area contributed by atoms with Crippen LogP contribution in [-0.2, 0) is 16.1 Å². The largest absolute Gasteiger partial charge is 0.368 e. The van der Waals surface area contributed by atoms with Crippen LogP contribution in [-0.4, -0.2) is 28.2 Å². The Hall–Kier alpha value is -2.18. The number of amides is 1. The number of carbonyl (C=O) groups excluding carboxylic acids is 1. The third-order valence-corrected chi connectivity index (χ3v) is 5.43. The van der Waals surface area contributed by atoms with Crippen LogP contribution in [0.15, 0.2) is 53.0 Å². The molecule has 1 aromatic heterocycles. The molecule has 1 aliphatic heterocycles. The normalized spacial score (nSPS) is 17.9. The van der Waals surface area contributed by atoms with Crippen molar-refractivity contribution < 1.29 is 9.53 Å². The molecule has 1 amide bonds. The Kier molecular flexibility index (Phi) is 5.27. The first-order valence-corrected chi connectivity index (χ1v) is 10.0. The van der Waals surface area contributed by atoms with Crippen molar-refractivity contribution in [2.24, 2.45) is 0 Å². The first-order valence-electron chi connectivity index (χ1n) is 9.23. The summed E-state index contributed by atoms with van der Waals surface area (Å²) in [7, 11) is 0. The summed E-state index contributed by atoms with van der Waals surface area (Å²) in [5.74, 6) is 0.799. The molecule has 1 fully saturated rings. The van der Waals surface area contributed by atoms with E-state index in [1.165, 1.54) is 5.56 Å². The molecule has 27 heavy (non-hydrogen) atoms. The highest BCUT2D eigenvalue weighted by Gasteiger charge is 2.26. The monoisotopic (exact) mass is 427 g/mol. The van der Waals surface area contributed by atoms with Crippen molar-refractivity contribution in [3.8, 4) is 0 Å². The second-order valence-electron chi connectivity index (χ2n) is 6.90. The van der Waals surface area contributed by atoms with Crippen LogP contribution < -0.4 is 5.32 Å². The van der Waals surface area contributed by atoms with Gasteiger partial charge < -0.3 is 14.6 Å². The number of benzene rings is 2. The van der Waals surface area contributed by atoms with Crippen LogP contribution in [0.1, 0.15) is 37.2 Å². The van der Waals surface area contributed by atoms with E-state index in [1.54, 1.807) is 0 Å². The van der Waals surface area contributed by atoms with E-state index in [4.69, 9.17) is 9.72 Å². The van der Waals surface area contributed by atoms with E-state index in [0.29, 0.717) is 13.2 Å². The quantitative estimate of drug-likeness (QED) is 0.663. The Bertz CT molecular complexity index is 946. The number of hydrogen-bond donors (Lipinski definition) is 1. The minimum Gasteiger partial charge on any atom is -0.368 e. The van der Waals surface area contributed by atoms with Gasteiger partial charge in [-0.15, -0.1) is 0 Å². The van der Waals surface area contributed by atoms with Gasteiger partial charge in [0.25, 0.3) is 0 Å². The van der Waals surface area contributed by atoms with E-state index >= 15 is 0 Å². The highest BCUT2D eigenvalue weighted by atomic mass is 79.9. The number of carbonyl (C=O) groups is 1. The summed E-state index contributed by atoms with van der Waals surface area (Å²) < 4.78 is 8.74. The number of aromatic nitrogens is 2. The third kappa shape index (κ3) is 3.92. The molecule has 0 spiro atoms. The average molecular weight is 428 g/mol. The molecule has 1 aliphatic rings. The fraction of sp³-hybridized carbons (Fsp3) is 0.333. The number of ether oxygens (including phenoxy) is 1. The van der Waals surface area contributed by atoms with Gasteiger partial charge in [-0.05, 0) is 49.6 Å². The number of hydrogen-bond acceptors (Lipinski definition) is 3. The van der Waals surface area contributed by atoms with Crippen LogP contribution in [0.4, 0.5) is 0 Å². The van der Waals surface area contributed by atoms with E-state index in [9.17, 15) is 4.79 Å². The van der Waals surface area contributed by atoms with Gasteiger partial charge in [-0.1, -0.05) is 40.2 Å². The molecule has 5 nitrogen and oxygen atoms in total. The molecule has 0 radical (unpaired) electrons. The van der Waals surface area contributed by atoms with Gasteiger partial charge in [0.15, 0.2) is 0 Å². The molecule has 6 heteroatoms. The molecule has 4 rings (SSSR count). The molecule has 1 saturated heterocycles. The Morgan fingerprint density at radius 1 is 1.30 bits per heavy atom. The summed E-state index contributed by atoms with van der Waals surface area (Å²) in [5.41, 5.74) is 3.18. The van der Waals surface area contributed by atoms with Gasteiger partial charge in [0.1, 0.15) is 11.9 Å². The van der Waals surface area contributed by atoms with Crippen molar-refractivity contribution in [2.75, 3.05) is 6.61 Å². The number of fused-ring (bicyclic) bond motifs is 1. The first-order chi connectivity index (χ1) is 13.1. The van der Waals surface area contributed by atoms with Crippen molar-refractivity contribution in [1.29, 1.82) is 0 Å². The van der Waals surface area contributed by atoms with Gasteiger partial charge in [0.2, 0.25) is 5.91 Å². The van der Waals surface area contributed by atoms with E-state index in [-0.39, 0.29) is 18.1 Å². The molecule has 2 heterocycles. The van der Waals surface area contributed by atoms with Crippen molar-refractivity contribution in [3.63, 3.8) is 0 Å². The maximum atomic E-state index is 12.5. The lowest BCUT2D eigenvalue weighted by Crippen LogP contribution is -2.36. The number of nitrogens with zero attached hydrogens (tertiary/aromatic N) is 2. The SMILES string of the molecule is CC(NC(=O)C1CCCO1)c1nc2ccccc2n1Cc1ccc(Br)cc1. The average Bonchev–Trinajstić information content (AvgIpc) is 3.32. The molecule has 3 aromatic rings. The van der Waals surface area contributed by atoms with Crippen LogP contribution in [0, 0.1) is 0 Å². The Morgan fingerprint density at radius 3 is 2.81 bits per heavy atom. The van der Waals surface area contributed by atoms with Gasteiger partial charge in [-0.2, -0.15) is 0 Å². The van der Waals surface area contributed by atoms with Crippen molar-refractivity contribution in [3.05, 3.63) is 64.4 Å². The topological polar surface area (TPSA) is 56.1 Å². The van der Waals surface area contributed by atoms with Crippen LogP contribution in [0.3, 0.4) is 0 Å². The summed E-state index contributed by atoms with van der Waals surface area (Å²) in [6.07, 6.45) is 1.39. The summed E-state index contributed by atoms with van der Waals surface area (Å²) in [5, 5.41) is 3.08. The van der Waals surface area contributed by atoms with Crippen LogP contribution in [0.25, 0.3) is 11.0 Å². The molecule has 2 aromatic carbocycles. The fourth-order valence-corrected chi connectivity index (χ4v) is 3.78. The number of nitrogens with one attached hydrogen (secondary N) is 1.